The number of rotatable bonds is 4. The Bertz CT molecular complexity index is 723. The van der Waals surface area contributed by atoms with Gasteiger partial charge < -0.3 is 9.47 Å². The molecule has 0 saturated heterocycles. The molecular formula is C11H12N4NaO5. The second-order valence-electron chi connectivity index (χ2n) is 3.64. The van der Waals surface area contributed by atoms with Crippen LogP contribution in [0.5, 0.6) is 0 Å². The molecule has 0 fully saturated rings. The van der Waals surface area contributed by atoms with Crippen LogP contribution in [-0.2, 0) is 9.47 Å². The number of carbonyl (C=O) groups excluding carboxylic acids is 2. The zero-order chi connectivity index (χ0) is 14.7. The summed E-state index contributed by atoms with van der Waals surface area (Å²) in [6, 6.07) is 0. The van der Waals surface area contributed by atoms with Crippen LogP contribution in [-0.4, -0.2) is 74.5 Å². The summed E-state index contributed by atoms with van der Waals surface area (Å²) in [5.74, 6) is -1.50. The van der Waals surface area contributed by atoms with Gasteiger partial charge in [0.25, 0.3) is 0 Å². The quantitative estimate of drug-likeness (QED) is 0.591. The summed E-state index contributed by atoms with van der Waals surface area (Å²) in [7, 11) is 0. The Morgan fingerprint density at radius 3 is 2.43 bits per heavy atom. The molecule has 0 bridgehead atoms. The van der Waals surface area contributed by atoms with E-state index in [9.17, 15) is 14.4 Å². The molecule has 10 heteroatoms. The number of fused-ring (bicyclic) bond motifs is 1. The van der Waals surface area contributed by atoms with E-state index in [1.807, 2.05) is 0 Å². The van der Waals surface area contributed by atoms with Gasteiger partial charge in [0.15, 0.2) is 5.65 Å². The van der Waals surface area contributed by atoms with Gasteiger partial charge >= 0.3 is 17.5 Å². The van der Waals surface area contributed by atoms with Crippen LogP contribution in [0.25, 0.3) is 5.65 Å². The standard InChI is InChI=1S/C11H12N4O5.Na/c1-3-19-10(17)6-5-12-15-8(6)14-13-7(9(15)16)11(18)20-4-2;/h5,12H,3-4H2,1-2H3;. The monoisotopic (exact) mass is 303 g/mol. The molecule has 2 rings (SSSR count). The predicted octanol–water partition coefficient (Wildman–Crippen LogP) is -0.610. The van der Waals surface area contributed by atoms with Gasteiger partial charge in [-0.1, -0.05) is 0 Å². The van der Waals surface area contributed by atoms with E-state index >= 15 is 0 Å². The van der Waals surface area contributed by atoms with Crippen LogP contribution in [0.2, 0.25) is 0 Å². The summed E-state index contributed by atoms with van der Waals surface area (Å²) in [6.45, 7) is 3.56. The predicted molar refractivity (Wildman–Crippen MR) is 71.3 cm³/mol. The Kier molecular flexibility index (Phi) is 6.06. The van der Waals surface area contributed by atoms with Crippen molar-refractivity contribution in [3.63, 3.8) is 0 Å². The van der Waals surface area contributed by atoms with E-state index in [0.29, 0.717) is 0 Å². The van der Waals surface area contributed by atoms with E-state index in [1.165, 1.54) is 6.20 Å². The molecule has 0 aliphatic heterocycles. The van der Waals surface area contributed by atoms with Crippen molar-refractivity contribution >= 4 is 47.1 Å². The van der Waals surface area contributed by atoms with Crippen LogP contribution in [0.3, 0.4) is 0 Å². The molecule has 0 atom stereocenters. The molecule has 0 spiro atoms. The SMILES string of the molecule is CCOC(=O)c1nnc2c(C(=O)OCC)c[nH]n2c1=O.[Na]. The maximum Gasteiger partial charge on any atom is 0.364 e. The van der Waals surface area contributed by atoms with Crippen molar-refractivity contribution in [2.24, 2.45) is 0 Å². The van der Waals surface area contributed by atoms with Crippen LogP contribution in [0.4, 0.5) is 0 Å². The average Bonchev–Trinajstić information content (AvgIpc) is 2.84. The molecule has 0 aliphatic carbocycles. The second-order valence-corrected chi connectivity index (χ2v) is 3.64. The fourth-order valence-corrected chi connectivity index (χ4v) is 1.56. The topological polar surface area (TPSA) is 116 Å². The van der Waals surface area contributed by atoms with Crippen LogP contribution in [0.15, 0.2) is 11.0 Å². The average molecular weight is 303 g/mol. The first-order valence-corrected chi connectivity index (χ1v) is 5.91. The molecule has 0 aromatic carbocycles. The molecular weight excluding hydrogens is 291 g/mol. The zero-order valence-electron chi connectivity index (χ0n) is 11.9. The zero-order valence-corrected chi connectivity index (χ0v) is 13.9. The Morgan fingerprint density at radius 2 is 1.81 bits per heavy atom. The summed E-state index contributed by atoms with van der Waals surface area (Å²) < 4.78 is 10.4. The number of nitrogens with one attached hydrogen (secondary N) is 1. The number of ether oxygens (including phenoxy) is 2. The Hall–Kier alpha value is -1.71. The van der Waals surface area contributed by atoms with E-state index in [-0.39, 0.29) is 54.0 Å². The van der Waals surface area contributed by atoms with E-state index in [4.69, 9.17) is 9.47 Å². The molecule has 0 unspecified atom stereocenters. The number of aromatic nitrogens is 4. The van der Waals surface area contributed by atoms with Gasteiger partial charge in [-0.05, 0) is 13.8 Å². The molecule has 2 aromatic rings. The van der Waals surface area contributed by atoms with Gasteiger partial charge in [-0.3, -0.25) is 9.89 Å². The van der Waals surface area contributed by atoms with Gasteiger partial charge in [-0.2, -0.15) is 4.52 Å². The molecule has 1 N–H and O–H groups in total. The summed E-state index contributed by atoms with van der Waals surface area (Å²) in [5, 5.41) is 9.73. The number of carbonyl (C=O) groups is 2. The van der Waals surface area contributed by atoms with Gasteiger partial charge in [0.2, 0.25) is 5.69 Å². The fourth-order valence-electron chi connectivity index (χ4n) is 1.56. The van der Waals surface area contributed by atoms with Gasteiger partial charge in [0.05, 0.1) is 13.2 Å². The van der Waals surface area contributed by atoms with Gasteiger partial charge in [0.1, 0.15) is 5.56 Å². The van der Waals surface area contributed by atoms with Crippen LogP contribution in [0.1, 0.15) is 34.7 Å². The molecule has 2 heterocycles. The number of H-pyrrole nitrogens is 1. The number of esters is 2. The molecule has 0 saturated carbocycles. The van der Waals surface area contributed by atoms with E-state index < -0.39 is 23.2 Å². The smallest absolute Gasteiger partial charge is 0.364 e. The van der Waals surface area contributed by atoms with Crippen molar-refractivity contribution in [1.29, 1.82) is 0 Å². The minimum atomic E-state index is -0.869. The number of nitrogens with zero attached hydrogens (tertiary/aromatic N) is 3. The third-order valence-electron chi connectivity index (χ3n) is 2.41. The molecule has 0 aliphatic rings. The third-order valence-corrected chi connectivity index (χ3v) is 2.41. The van der Waals surface area contributed by atoms with Gasteiger partial charge in [0, 0.05) is 35.8 Å². The molecule has 0 amide bonds. The Labute approximate surface area is 140 Å². The summed E-state index contributed by atoms with van der Waals surface area (Å²) in [4.78, 5) is 35.2. The maximum absolute atomic E-state index is 12.0. The first kappa shape index (κ1) is 17.3. The van der Waals surface area contributed by atoms with Crippen molar-refractivity contribution in [1.82, 2.24) is 19.8 Å². The van der Waals surface area contributed by atoms with Crippen molar-refractivity contribution in [2.45, 2.75) is 13.8 Å². The van der Waals surface area contributed by atoms with Crippen molar-refractivity contribution < 1.29 is 19.1 Å². The van der Waals surface area contributed by atoms with Crippen LogP contribution in [0, 0.1) is 0 Å². The summed E-state index contributed by atoms with van der Waals surface area (Å²) in [6.07, 6.45) is 1.26. The van der Waals surface area contributed by atoms with Crippen molar-refractivity contribution in [2.75, 3.05) is 13.2 Å². The number of hydrogen-bond donors (Lipinski definition) is 1. The van der Waals surface area contributed by atoms with E-state index in [2.05, 4.69) is 15.3 Å². The fraction of sp³-hybridized carbons (Fsp3) is 0.364. The molecule has 21 heavy (non-hydrogen) atoms. The first-order chi connectivity index (χ1) is 9.60. The minimum Gasteiger partial charge on any atom is -0.462 e. The van der Waals surface area contributed by atoms with Gasteiger partial charge in [-0.25, -0.2) is 9.59 Å². The van der Waals surface area contributed by atoms with Crippen molar-refractivity contribution in [3.05, 3.63) is 27.8 Å². The molecule has 2 aromatic heterocycles. The molecule has 107 valence electrons. The first-order valence-electron chi connectivity index (χ1n) is 5.91. The number of aromatic amines is 1. The summed E-state index contributed by atoms with van der Waals surface area (Å²) >= 11 is 0. The Balaban J connectivity index is 0.00000220. The minimum absolute atomic E-state index is 0. The molecule has 9 nitrogen and oxygen atoms in total. The van der Waals surface area contributed by atoms with Crippen molar-refractivity contribution in [3.8, 4) is 0 Å². The van der Waals surface area contributed by atoms with E-state index in [0.717, 1.165) is 4.52 Å². The van der Waals surface area contributed by atoms with Crippen LogP contribution < -0.4 is 5.56 Å². The maximum atomic E-state index is 12.0. The van der Waals surface area contributed by atoms with E-state index in [1.54, 1.807) is 13.8 Å². The normalized spacial score (nSPS) is 10.0. The van der Waals surface area contributed by atoms with Crippen LogP contribution >= 0.6 is 0 Å². The molecule has 1 radical (unpaired) electrons. The second kappa shape index (κ2) is 7.34. The summed E-state index contributed by atoms with van der Waals surface area (Å²) in [5.41, 5.74) is -1.15. The Morgan fingerprint density at radius 1 is 1.19 bits per heavy atom. The number of hydrogen-bond acceptors (Lipinski definition) is 7. The third kappa shape index (κ3) is 3.31. The van der Waals surface area contributed by atoms with Gasteiger partial charge in [-0.15, -0.1) is 10.2 Å². The largest absolute Gasteiger partial charge is 0.462 e.